The average molecular weight is 428 g/mol. The zero-order valence-electron chi connectivity index (χ0n) is 15.1. The summed E-state index contributed by atoms with van der Waals surface area (Å²) >= 11 is 13.0. The minimum Gasteiger partial charge on any atom is -0.298 e. The van der Waals surface area contributed by atoms with E-state index in [1.807, 2.05) is 91.0 Å². The minimum absolute atomic E-state index is 0.415. The smallest absolute Gasteiger partial charge is 0.193 e. The van der Waals surface area contributed by atoms with Crippen LogP contribution in [0.25, 0.3) is 10.1 Å². The molecule has 0 aliphatic carbocycles. The lowest BCUT2D eigenvalue weighted by atomic mass is 10.2. The predicted molar refractivity (Wildman–Crippen MR) is 121 cm³/mol. The topological polar surface area (TPSA) is 29.1 Å². The molecule has 0 saturated carbocycles. The van der Waals surface area contributed by atoms with Crippen molar-refractivity contribution in [2.75, 3.05) is 0 Å². The molecule has 0 heterocycles. The molecule has 0 amide bonds. The molecule has 3 aromatic rings. The first-order valence-corrected chi connectivity index (χ1v) is 11.4. The van der Waals surface area contributed by atoms with Crippen LogP contribution in [0.15, 0.2) is 103 Å². The van der Waals surface area contributed by atoms with Crippen LogP contribution in [0.1, 0.15) is 16.7 Å². The molecule has 0 atom stereocenters. The molecule has 1 N–H and O–H groups in total. The lowest BCUT2D eigenvalue weighted by Gasteiger charge is -2.15. The highest BCUT2D eigenvalue weighted by Crippen LogP contribution is 2.50. The minimum atomic E-state index is -3.17. The fourth-order valence-corrected chi connectivity index (χ4v) is 5.40. The summed E-state index contributed by atoms with van der Waals surface area (Å²) in [4.78, 5) is 0. The number of benzene rings is 3. The third-order valence-corrected chi connectivity index (χ3v) is 6.98. The van der Waals surface area contributed by atoms with Crippen molar-refractivity contribution in [2.45, 2.75) is 6.54 Å². The van der Waals surface area contributed by atoms with Gasteiger partial charge >= 0.3 is 0 Å². The Kier molecular flexibility index (Phi) is 7.30. The summed E-state index contributed by atoms with van der Waals surface area (Å²) in [5, 5.41) is 3.98. The number of hydrogen-bond acceptors (Lipinski definition) is 1. The first kappa shape index (κ1) is 20.6. The maximum atomic E-state index is 13.7. The van der Waals surface area contributed by atoms with Crippen LogP contribution in [0.3, 0.4) is 0 Å². The Morgan fingerprint density at radius 1 is 0.714 bits per heavy atom. The van der Waals surface area contributed by atoms with Gasteiger partial charge in [0.15, 0.2) is 7.29 Å². The first-order chi connectivity index (χ1) is 13.6. The molecule has 3 aromatic carbocycles. The van der Waals surface area contributed by atoms with Gasteiger partial charge in [0.2, 0.25) is 0 Å². The molecule has 0 unspecified atom stereocenters. The van der Waals surface area contributed by atoms with Crippen LogP contribution in [-0.2, 0) is 11.1 Å². The molecule has 28 heavy (non-hydrogen) atoms. The largest absolute Gasteiger partial charge is 0.298 e. The summed E-state index contributed by atoms with van der Waals surface area (Å²) in [6.45, 7) is 0.434. The fraction of sp³-hybridized carbons (Fsp3) is 0.0435. The van der Waals surface area contributed by atoms with Gasteiger partial charge in [-0.15, -0.1) is 0 Å². The normalized spacial score (nSPS) is 14.5. The highest BCUT2D eigenvalue weighted by atomic mass is 35.5. The van der Waals surface area contributed by atoms with Crippen molar-refractivity contribution in [1.82, 2.24) is 5.09 Å². The van der Waals surface area contributed by atoms with Crippen molar-refractivity contribution in [3.63, 3.8) is 0 Å². The van der Waals surface area contributed by atoms with Crippen molar-refractivity contribution >= 4 is 40.6 Å². The van der Waals surface area contributed by atoms with Crippen LogP contribution >= 0.6 is 30.5 Å². The van der Waals surface area contributed by atoms with E-state index in [-0.39, 0.29) is 0 Å². The third kappa shape index (κ3) is 5.95. The van der Waals surface area contributed by atoms with Crippen LogP contribution in [0, 0.1) is 0 Å². The van der Waals surface area contributed by atoms with Gasteiger partial charge in [-0.3, -0.25) is 9.65 Å². The van der Waals surface area contributed by atoms with Gasteiger partial charge in [0.1, 0.15) is 0 Å². The Bertz CT molecular complexity index is 943. The molecule has 0 spiro atoms. The highest BCUT2D eigenvalue weighted by Gasteiger charge is 2.19. The number of nitrogens with one attached hydrogen (secondary N) is 1. The summed E-state index contributed by atoms with van der Waals surface area (Å²) in [6.07, 6.45) is 0. The van der Waals surface area contributed by atoms with E-state index in [0.717, 1.165) is 16.7 Å². The monoisotopic (exact) mass is 427 g/mol. The van der Waals surface area contributed by atoms with Crippen LogP contribution in [-0.4, -0.2) is 0 Å². The molecular formula is C23H20Cl2NOP. The third-order valence-electron chi connectivity index (χ3n) is 4.08. The number of halogens is 2. The molecule has 142 valence electrons. The van der Waals surface area contributed by atoms with E-state index in [2.05, 4.69) is 5.09 Å². The highest BCUT2D eigenvalue weighted by molar-refractivity contribution is 7.68. The zero-order valence-corrected chi connectivity index (χ0v) is 17.5. The van der Waals surface area contributed by atoms with Gasteiger partial charge in [0.25, 0.3) is 0 Å². The molecule has 3 rings (SSSR count). The molecule has 2 nitrogen and oxygen atoms in total. The predicted octanol–water partition coefficient (Wildman–Crippen LogP) is 7.53. The van der Waals surface area contributed by atoms with Gasteiger partial charge in [-0.25, -0.2) is 0 Å². The average Bonchev–Trinajstić information content (AvgIpc) is 2.74. The fourth-order valence-electron chi connectivity index (χ4n) is 2.62. The van der Waals surface area contributed by atoms with E-state index in [9.17, 15) is 4.57 Å². The second kappa shape index (κ2) is 9.91. The summed E-state index contributed by atoms with van der Waals surface area (Å²) in [7, 11) is -3.17. The van der Waals surface area contributed by atoms with Crippen molar-refractivity contribution in [3.8, 4) is 0 Å². The van der Waals surface area contributed by atoms with Gasteiger partial charge in [-0.1, -0.05) is 114 Å². The van der Waals surface area contributed by atoms with Crippen LogP contribution in [0.5, 0.6) is 0 Å². The summed E-state index contributed by atoms with van der Waals surface area (Å²) in [5.74, 6) is 3.14. The number of rotatable bonds is 7. The van der Waals surface area contributed by atoms with Crippen LogP contribution in [0.4, 0.5) is 0 Å². The molecule has 0 radical (unpaired) electrons. The molecule has 0 bridgehead atoms. The van der Waals surface area contributed by atoms with Gasteiger partial charge in [0, 0.05) is 18.2 Å². The van der Waals surface area contributed by atoms with Crippen molar-refractivity contribution in [2.24, 2.45) is 0 Å². The molecule has 0 aliphatic rings. The molecule has 0 fully saturated rings. The molecular weight excluding hydrogens is 408 g/mol. The van der Waals surface area contributed by atoms with Crippen molar-refractivity contribution in [3.05, 3.63) is 119 Å². The van der Waals surface area contributed by atoms with Gasteiger partial charge < -0.3 is 0 Å². The number of hydrogen-bond donors (Lipinski definition) is 1. The van der Waals surface area contributed by atoms with E-state index >= 15 is 0 Å². The zero-order chi connectivity index (χ0) is 19.8. The molecule has 0 aromatic heterocycles. The SMILES string of the molecule is O=P(C=C(Cl)c1ccccc1)(C=C(Cl)c1ccccc1)NCc1ccccc1. The maximum absolute atomic E-state index is 13.7. The summed E-state index contributed by atoms with van der Waals surface area (Å²) < 4.78 is 13.7. The summed E-state index contributed by atoms with van der Waals surface area (Å²) in [6, 6.07) is 28.7. The van der Waals surface area contributed by atoms with E-state index in [0.29, 0.717) is 16.6 Å². The maximum Gasteiger partial charge on any atom is 0.193 e. The molecule has 5 heteroatoms. The van der Waals surface area contributed by atoms with Gasteiger partial charge in [0.05, 0.1) is 10.1 Å². The second-order valence-corrected chi connectivity index (χ2v) is 9.28. The second-order valence-electron chi connectivity index (χ2n) is 6.22. The van der Waals surface area contributed by atoms with Crippen LogP contribution < -0.4 is 5.09 Å². The molecule has 0 saturated heterocycles. The van der Waals surface area contributed by atoms with E-state index in [4.69, 9.17) is 23.2 Å². The summed E-state index contributed by atoms with van der Waals surface area (Å²) in [5.41, 5.74) is 2.63. The molecule has 0 aliphatic heterocycles. The van der Waals surface area contributed by atoms with Gasteiger partial charge in [-0.05, 0) is 16.7 Å². The Morgan fingerprint density at radius 2 is 1.11 bits per heavy atom. The quantitative estimate of drug-likeness (QED) is 0.394. The lowest BCUT2D eigenvalue weighted by molar-refractivity contribution is 0.577. The Morgan fingerprint density at radius 3 is 1.54 bits per heavy atom. The van der Waals surface area contributed by atoms with E-state index < -0.39 is 7.29 Å². The van der Waals surface area contributed by atoms with Gasteiger partial charge in [-0.2, -0.15) is 0 Å². The van der Waals surface area contributed by atoms with Crippen molar-refractivity contribution in [1.29, 1.82) is 0 Å². The first-order valence-electron chi connectivity index (χ1n) is 8.82. The van der Waals surface area contributed by atoms with E-state index in [1.165, 1.54) is 0 Å². The van der Waals surface area contributed by atoms with Crippen molar-refractivity contribution < 1.29 is 4.57 Å². The Labute approximate surface area is 175 Å². The Hall–Kier alpha value is -2.09. The standard InChI is InChI=1S/C23H20Cl2NOP/c24-22(20-12-6-2-7-13-20)17-28(27,26-16-19-10-4-1-5-11-19)18-23(25)21-14-8-3-9-15-21/h1-15,17-18H,16H2,(H,26,27). The Balaban J connectivity index is 1.94. The van der Waals surface area contributed by atoms with E-state index in [1.54, 1.807) is 11.6 Å². The van der Waals surface area contributed by atoms with Crippen LogP contribution in [0.2, 0.25) is 0 Å². The lowest BCUT2D eigenvalue weighted by Crippen LogP contribution is -2.07.